The van der Waals surface area contributed by atoms with Crippen LogP contribution >= 0.6 is 0 Å². The molecule has 4 nitrogen and oxygen atoms in total. The van der Waals surface area contributed by atoms with Crippen LogP contribution < -0.4 is 5.32 Å². The smallest absolute Gasteiger partial charge is 0.237 e. The molecule has 4 heteroatoms. The van der Waals surface area contributed by atoms with Crippen LogP contribution in [-0.4, -0.2) is 61.0 Å². The third kappa shape index (κ3) is 5.17. The zero-order valence-corrected chi connectivity index (χ0v) is 12.1. The lowest BCUT2D eigenvalue weighted by Crippen LogP contribution is -2.50. The van der Waals surface area contributed by atoms with Crippen molar-refractivity contribution in [1.82, 2.24) is 15.1 Å². The second-order valence-corrected chi connectivity index (χ2v) is 4.94. The summed E-state index contributed by atoms with van der Waals surface area (Å²) in [5.74, 6) is 0.159. The van der Waals surface area contributed by atoms with Crippen LogP contribution in [0.3, 0.4) is 0 Å². The number of likely N-dealkylation sites (N-methyl/N-ethyl adjacent to an activating group) is 1. The standard InChI is InChI=1S/C15H27N3O/c1-4-10-18(11-5-2)15(19)13-17(6-3)14-8-7-9-16-12-14/h4-5,14,16H,1-2,6-13H2,3H3. The molecule has 1 rings (SSSR count). The van der Waals surface area contributed by atoms with Crippen molar-refractivity contribution < 1.29 is 4.79 Å². The number of hydrogen-bond acceptors (Lipinski definition) is 3. The van der Waals surface area contributed by atoms with Crippen LogP contribution in [0.4, 0.5) is 0 Å². The van der Waals surface area contributed by atoms with Crippen molar-refractivity contribution in [3.8, 4) is 0 Å². The van der Waals surface area contributed by atoms with E-state index in [2.05, 4.69) is 30.3 Å². The maximum Gasteiger partial charge on any atom is 0.237 e. The van der Waals surface area contributed by atoms with Gasteiger partial charge in [0.25, 0.3) is 0 Å². The molecule has 1 heterocycles. The van der Waals surface area contributed by atoms with Gasteiger partial charge in [-0.15, -0.1) is 13.2 Å². The number of piperidine rings is 1. The predicted molar refractivity (Wildman–Crippen MR) is 80.1 cm³/mol. The normalized spacial score (nSPS) is 19.2. The fraction of sp³-hybridized carbons (Fsp3) is 0.667. The number of carbonyl (C=O) groups is 1. The zero-order valence-electron chi connectivity index (χ0n) is 12.1. The summed E-state index contributed by atoms with van der Waals surface area (Å²) in [5, 5.41) is 3.40. The SMILES string of the molecule is C=CCN(CC=C)C(=O)CN(CC)C1CCCNC1. The lowest BCUT2D eigenvalue weighted by atomic mass is 10.1. The Hall–Kier alpha value is -1.13. The Bertz CT molecular complexity index is 288. The van der Waals surface area contributed by atoms with E-state index < -0.39 is 0 Å². The predicted octanol–water partition coefficient (Wildman–Crippen LogP) is 1.26. The molecule has 108 valence electrons. The molecule has 0 aromatic rings. The third-order valence-corrected chi connectivity index (χ3v) is 3.58. The molecule has 1 fully saturated rings. The van der Waals surface area contributed by atoms with Crippen molar-refractivity contribution in [3.05, 3.63) is 25.3 Å². The van der Waals surface area contributed by atoms with E-state index in [-0.39, 0.29) is 5.91 Å². The van der Waals surface area contributed by atoms with Gasteiger partial charge in [0.05, 0.1) is 6.54 Å². The molecule has 1 saturated heterocycles. The number of nitrogens with zero attached hydrogens (tertiary/aromatic N) is 2. The van der Waals surface area contributed by atoms with E-state index in [1.807, 2.05) is 0 Å². The average Bonchev–Trinajstić information content (AvgIpc) is 2.45. The van der Waals surface area contributed by atoms with Gasteiger partial charge in [0.15, 0.2) is 0 Å². The Morgan fingerprint density at radius 3 is 2.53 bits per heavy atom. The molecular weight excluding hydrogens is 238 g/mol. The fourth-order valence-electron chi connectivity index (χ4n) is 2.51. The van der Waals surface area contributed by atoms with Gasteiger partial charge in [-0.2, -0.15) is 0 Å². The largest absolute Gasteiger partial charge is 0.334 e. The van der Waals surface area contributed by atoms with Gasteiger partial charge in [-0.25, -0.2) is 0 Å². The molecule has 0 aliphatic carbocycles. The van der Waals surface area contributed by atoms with Gasteiger partial charge in [-0.1, -0.05) is 19.1 Å². The van der Waals surface area contributed by atoms with Crippen LogP contribution in [0.5, 0.6) is 0 Å². The molecule has 0 aromatic heterocycles. The summed E-state index contributed by atoms with van der Waals surface area (Å²) in [5.41, 5.74) is 0. The Morgan fingerprint density at radius 1 is 1.37 bits per heavy atom. The highest BCUT2D eigenvalue weighted by Crippen LogP contribution is 2.10. The van der Waals surface area contributed by atoms with Crippen LogP contribution in [0.25, 0.3) is 0 Å². The third-order valence-electron chi connectivity index (χ3n) is 3.58. The summed E-state index contributed by atoms with van der Waals surface area (Å²) in [7, 11) is 0. The number of rotatable bonds is 8. The van der Waals surface area contributed by atoms with Crippen molar-refractivity contribution >= 4 is 5.91 Å². The molecule has 1 N–H and O–H groups in total. The molecule has 0 bridgehead atoms. The molecular formula is C15H27N3O. The Balaban J connectivity index is 2.54. The van der Waals surface area contributed by atoms with Crippen molar-refractivity contribution in [2.75, 3.05) is 39.3 Å². The summed E-state index contributed by atoms with van der Waals surface area (Å²) in [6.07, 6.45) is 5.90. The van der Waals surface area contributed by atoms with E-state index in [1.54, 1.807) is 17.1 Å². The van der Waals surface area contributed by atoms with E-state index in [0.717, 1.165) is 19.6 Å². The first-order valence-corrected chi connectivity index (χ1v) is 7.17. The average molecular weight is 265 g/mol. The Labute approximate surface area is 117 Å². The minimum atomic E-state index is 0.159. The van der Waals surface area contributed by atoms with Gasteiger partial charge >= 0.3 is 0 Å². The minimum Gasteiger partial charge on any atom is -0.334 e. The monoisotopic (exact) mass is 265 g/mol. The highest BCUT2D eigenvalue weighted by Gasteiger charge is 2.23. The Kier molecular flexibility index (Phi) is 7.45. The number of hydrogen-bond donors (Lipinski definition) is 1. The first-order valence-electron chi connectivity index (χ1n) is 7.17. The van der Waals surface area contributed by atoms with Crippen molar-refractivity contribution in [2.24, 2.45) is 0 Å². The van der Waals surface area contributed by atoms with E-state index >= 15 is 0 Å². The van der Waals surface area contributed by atoms with E-state index in [0.29, 0.717) is 25.7 Å². The highest BCUT2D eigenvalue weighted by molar-refractivity contribution is 5.78. The maximum atomic E-state index is 12.3. The van der Waals surface area contributed by atoms with Crippen LogP contribution in [0.15, 0.2) is 25.3 Å². The molecule has 0 aromatic carbocycles. The van der Waals surface area contributed by atoms with Gasteiger partial charge in [-0.3, -0.25) is 9.69 Å². The van der Waals surface area contributed by atoms with Gasteiger partial charge in [0, 0.05) is 25.7 Å². The van der Waals surface area contributed by atoms with E-state index in [9.17, 15) is 4.79 Å². The van der Waals surface area contributed by atoms with Gasteiger partial charge < -0.3 is 10.2 Å². The fourth-order valence-corrected chi connectivity index (χ4v) is 2.51. The summed E-state index contributed by atoms with van der Waals surface area (Å²) in [4.78, 5) is 16.4. The van der Waals surface area contributed by atoms with Crippen LogP contribution in [0.1, 0.15) is 19.8 Å². The molecule has 1 atom stereocenters. The maximum absolute atomic E-state index is 12.3. The molecule has 0 radical (unpaired) electrons. The second kappa shape index (κ2) is 8.88. The van der Waals surface area contributed by atoms with Gasteiger partial charge in [0.1, 0.15) is 0 Å². The zero-order chi connectivity index (χ0) is 14.1. The van der Waals surface area contributed by atoms with Gasteiger partial charge in [0.2, 0.25) is 5.91 Å². The van der Waals surface area contributed by atoms with Crippen LogP contribution in [-0.2, 0) is 4.79 Å². The molecule has 1 amide bonds. The van der Waals surface area contributed by atoms with Crippen molar-refractivity contribution in [3.63, 3.8) is 0 Å². The molecule has 0 spiro atoms. The Morgan fingerprint density at radius 2 is 2.05 bits per heavy atom. The number of amides is 1. The quantitative estimate of drug-likeness (QED) is 0.671. The van der Waals surface area contributed by atoms with Crippen LogP contribution in [0, 0.1) is 0 Å². The number of nitrogens with one attached hydrogen (secondary N) is 1. The summed E-state index contributed by atoms with van der Waals surface area (Å²) < 4.78 is 0. The van der Waals surface area contributed by atoms with Gasteiger partial charge in [-0.05, 0) is 25.9 Å². The molecule has 1 aliphatic rings. The van der Waals surface area contributed by atoms with E-state index in [4.69, 9.17) is 0 Å². The first kappa shape index (κ1) is 15.9. The first-order chi connectivity index (χ1) is 9.22. The van der Waals surface area contributed by atoms with Crippen molar-refractivity contribution in [1.29, 1.82) is 0 Å². The van der Waals surface area contributed by atoms with E-state index in [1.165, 1.54) is 12.8 Å². The second-order valence-electron chi connectivity index (χ2n) is 4.94. The minimum absolute atomic E-state index is 0.159. The topological polar surface area (TPSA) is 35.6 Å². The lowest BCUT2D eigenvalue weighted by Gasteiger charge is -2.34. The lowest BCUT2D eigenvalue weighted by molar-refractivity contribution is -0.132. The summed E-state index contributed by atoms with van der Waals surface area (Å²) in [6, 6.07) is 0.483. The highest BCUT2D eigenvalue weighted by atomic mass is 16.2. The molecule has 1 aliphatic heterocycles. The molecule has 0 saturated carbocycles. The van der Waals surface area contributed by atoms with Crippen molar-refractivity contribution in [2.45, 2.75) is 25.8 Å². The number of carbonyl (C=O) groups excluding carboxylic acids is 1. The molecule has 19 heavy (non-hydrogen) atoms. The summed E-state index contributed by atoms with van der Waals surface area (Å²) in [6.45, 7) is 14.2. The van der Waals surface area contributed by atoms with Crippen LogP contribution in [0.2, 0.25) is 0 Å². The molecule has 1 unspecified atom stereocenters. The summed E-state index contributed by atoms with van der Waals surface area (Å²) >= 11 is 0.